The Labute approximate surface area is 467 Å². The summed E-state index contributed by atoms with van der Waals surface area (Å²) < 4.78 is 34.8. The van der Waals surface area contributed by atoms with E-state index in [-0.39, 0.29) is 46.3 Å². The molecule has 67 heavy (non-hydrogen) atoms. The van der Waals surface area contributed by atoms with E-state index in [1.54, 1.807) is 36.4 Å². The van der Waals surface area contributed by atoms with Crippen molar-refractivity contribution in [3.05, 3.63) is 124 Å². The molecule has 5 aromatic rings. The molecule has 5 N–H and O–H groups in total. The summed E-state index contributed by atoms with van der Waals surface area (Å²) in [5, 5.41) is 48.7. The number of aromatic hydroxyl groups is 3. The molecule has 0 aromatic heterocycles. The van der Waals surface area contributed by atoms with Crippen LogP contribution in [0.2, 0.25) is 50.2 Å². The van der Waals surface area contributed by atoms with Crippen LogP contribution in [0.15, 0.2) is 66.7 Å². The summed E-state index contributed by atoms with van der Waals surface area (Å²) in [4.78, 5) is 0. The van der Waals surface area contributed by atoms with E-state index in [0.717, 1.165) is 3.57 Å². The van der Waals surface area contributed by atoms with E-state index in [1.165, 1.54) is 30.3 Å². The molecule has 1 heterocycles. The smallest absolute Gasteiger partial charge is 0.500 e. The van der Waals surface area contributed by atoms with Crippen LogP contribution in [0.1, 0.15) is 41.5 Å². The van der Waals surface area contributed by atoms with Crippen LogP contribution in [0.4, 0.5) is 0 Å². The fourth-order valence-electron chi connectivity index (χ4n) is 4.79. The van der Waals surface area contributed by atoms with Crippen molar-refractivity contribution in [3.63, 3.8) is 0 Å². The molecule has 0 unspecified atom stereocenters. The molecular formula is C42H42B2Cl10I2O11. The fourth-order valence-corrected chi connectivity index (χ4v) is 8.19. The predicted molar refractivity (Wildman–Crippen MR) is 293 cm³/mol. The van der Waals surface area contributed by atoms with Gasteiger partial charge >= 0.3 is 14.2 Å². The summed E-state index contributed by atoms with van der Waals surface area (Å²) in [7, 11) is -2.42. The summed E-state index contributed by atoms with van der Waals surface area (Å²) in [5.41, 5.74) is -0.430. The largest absolute Gasteiger partial charge is 0.508 e. The van der Waals surface area contributed by atoms with E-state index >= 15 is 0 Å². The van der Waals surface area contributed by atoms with E-state index in [1.807, 2.05) is 64.1 Å². The lowest BCUT2D eigenvalue weighted by Crippen LogP contribution is -2.41. The Morgan fingerprint density at radius 1 is 0.522 bits per heavy atom. The number of rotatable bonds is 10. The van der Waals surface area contributed by atoms with E-state index in [9.17, 15) is 0 Å². The van der Waals surface area contributed by atoms with Crippen LogP contribution in [-0.4, -0.2) is 77.6 Å². The van der Waals surface area contributed by atoms with Crippen molar-refractivity contribution in [2.24, 2.45) is 0 Å². The van der Waals surface area contributed by atoms with Crippen molar-refractivity contribution < 1.29 is 53.6 Å². The summed E-state index contributed by atoms with van der Waals surface area (Å²) in [5.74, 6) is 1.04. The third kappa shape index (κ3) is 20.8. The number of hydrogen-bond donors (Lipinski definition) is 5. The van der Waals surface area contributed by atoms with Crippen molar-refractivity contribution in [1.29, 1.82) is 0 Å². The van der Waals surface area contributed by atoms with Crippen molar-refractivity contribution >= 4 is 186 Å². The predicted octanol–water partition coefficient (Wildman–Crippen LogP) is 14.0. The molecular weight excluding hydrogens is 1310 g/mol. The molecule has 1 saturated heterocycles. The highest BCUT2D eigenvalue weighted by atomic mass is 127. The van der Waals surface area contributed by atoms with Crippen LogP contribution in [0, 0.1) is 7.14 Å². The Kier molecular flexibility index (Phi) is 27.8. The topological polar surface area (TPSA) is 157 Å². The molecule has 0 saturated carbocycles. The zero-order valence-corrected chi connectivity index (χ0v) is 47.9. The van der Waals surface area contributed by atoms with Gasteiger partial charge in [0.15, 0.2) is 13.6 Å². The molecule has 1 aliphatic rings. The third-order valence-electron chi connectivity index (χ3n) is 8.66. The first-order valence-corrected chi connectivity index (χ1v) is 25.0. The number of hydrogen-bond acceptors (Lipinski definition) is 11. The molecule has 25 heteroatoms. The molecule has 0 bridgehead atoms. The van der Waals surface area contributed by atoms with Crippen LogP contribution in [0.3, 0.4) is 0 Å². The van der Waals surface area contributed by atoms with Gasteiger partial charge in [0, 0.05) is 70.4 Å². The minimum absolute atomic E-state index is 0.0231. The zero-order valence-electron chi connectivity index (χ0n) is 36.1. The number of ether oxygens (including phenoxy) is 4. The first-order valence-electron chi connectivity index (χ1n) is 19.1. The Morgan fingerprint density at radius 3 is 1.34 bits per heavy atom. The third-order valence-corrected chi connectivity index (χ3v) is 14.1. The molecule has 11 nitrogen and oxygen atoms in total. The first-order chi connectivity index (χ1) is 31.1. The molecule has 0 atom stereocenters. The number of phenols is 3. The molecule has 6 rings (SSSR count). The Balaban J connectivity index is 0.000000300. The van der Waals surface area contributed by atoms with Gasteiger partial charge in [-0.25, -0.2) is 0 Å². The second-order valence-electron chi connectivity index (χ2n) is 14.1. The minimum Gasteiger partial charge on any atom is -0.508 e. The number of phenolic OH excluding ortho intramolecular Hbond substituents is 3. The van der Waals surface area contributed by atoms with E-state index in [2.05, 4.69) is 22.6 Å². The van der Waals surface area contributed by atoms with Crippen molar-refractivity contribution in [1.82, 2.24) is 0 Å². The fraction of sp³-hybridized carbons (Fsp3) is 0.286. The second-order valence-corrected chi connectivity index (χ2v) is 20.5. The maximum atomic E-state index is 9.15. The average molecular weight is 1350 g/mol. The SMILES string of the molecule is CCOCOc1cc(Cl)cc(Cl)c1B1OC(C)(C)C(C)(C)O1.CCOCOc1cc(Cl)cc(Cl)c1I.OB(O)c1c(O)cc(Cl)cc1Cl.Oc1cc(Cl)cc(Cl)c1.Oc1cc(Cl)cc(Cl)c1I. The van der Waals surface area contributed by atoms with Gasteiger partial charge in [0.1, 0.15) is 28.7 Å². The molecule has 0 radical (unpaired) electrons. The Morgan fingerprint density at radius 2 is 0.910 bits per heavy atom. The molecule has 1 fully saturated rings. The second kappa shape index (κ2) is 29.8. The van der Waals surface area contributed by atoms with Gasteiger partial charge < -0.3 is 53.6 Å². The molecule has 0 amide bonds. The molecule has 1 aliphatic heterocycles. The van der Waals surface area contributed by atoms with Crippen LogP contribution in [0.5, 0.6) is 28.7 Å². The van der Waals surface area contributed by atoms with Crippen LogP contribution < -0.4 is 20.4 Å². The highest BCUT2D eigenvalue weighted by Gasteiger charge is 2.53. The van der Waals surface area contributed by atoms with Crippen LogP contribution in [0.25, 0.3) is 0 Å². The van der Waals surface area contributed by atoms with Crippen molar-refractivity contribution in [2.45, 2.75) is 52.7 Å². The number of benzene rings is 5. The summed E-state index contributed by atoms with van der Waals surface area (Å²) in [6.45, 7) is 13.2. The monoisotopic (exact) mass is 1350 g/mol. The van der Waals surface area contributed by atoms with Gasteiger partial charge in [-0.2, -0.15) is 0 Å². The van der Waals surface area contributed by atoms with Crippen molar-refractivity contribution in [2.75, 3.05) is 26.8 Å². The molecule has 366 valence electrons. The van der Waals surface area contributed by atoms with E-state index in [0.29, 0.717) is 73.9 Å². The van der Waals surface area contributed by atoms with Gasteiger partial charge in [-0.1, -0.05) is 116 Å². The highest BCUT2D eigenvalue weighted by molar-refractivity contribution is 14.1. The first kappa shape index (κ1) is 62.5. The quantitative estimate of drug-likeness (QED) is 0.0298. The van der Waals surface area contributed by atoms with Gasteiger partial charge in [-0.15, -0.1) is 0 Å². The molecule has 5 aromatic carbocycles. The van der Waals surface area contributed by atoms with Gasteiger partial charge in [-0.05, 0) is 147 Å². The van der Waals surface area contributed by atoms with Crippen LogP contribution >= 0.6 is 161 Å². The Hall–Kier alpha value is -0.650. The Bertz CT molecular complexity index is 2290. The van der Waals surface area contributed by atoms with E-state index < -0.39 is 25.4 Å². The summed E-state index contributed by atoms with van der Waals surface area (Å²) in [6.07, 6.45) is 0. The number of halogens is 12. The van der Waals surface area contributed by atoms with Gasteiger partial charge in [0.05, 0.1) is 28.4 Å². The summed E-state index contributed by atoms with van der Waals surface area (Å²) in [6, 6.07) is 16.7. The lowest BCUT2D eigenvalue weighted by molar-refractivity contribution is 0.00578. The van der Waals surface area contributed by atoms with Gasteiger partial charge in [0.2, 0.25) is 0 Å². The highest BCUT2D eigenvalue weighted by Crippen LogP contribution is 2.39. The molecule has 0 spiro atoms. The van der Waals surface area contributed by atoms with Gasteiger partial charge in [-0.3, -0.25) is 0 Å². The lowest BCUT2D eigenvalue weighted by Gasteiger charge is -2.32. The molecule has 0 aliphatic carbocycles. The standard InChI is InChI=1S/C15H21BCl2O4.C9H9Cl2IO2.C6H5BCl2O3.C6H3Cl2IO.C6H4Cl2O/c1-6-19-9-20-12-8-10(17)7-11(18)13(12)16-21-14(2,3)15(4,5)22-16;1-2-13-5-14-8-4-6(10)3-7(11)9(8)12;8-3-1-4(9)6(7(11)12)5(10)2-3;7-3-1-4(8)6(9)5(10)2-3;7-4-1-5(8)3-6(9)2-4/h7-8H,6,9H2,1-5H3;3-4H,2,5H2,1H3;1-2,10-12H;1-2,10H;1-3,9H. The minimum atomic E-state index is -1.80. The normalized spacial score (nSPS) is 13.1. The van der Waals surface area contributed by atoms with Crippen LogP contribution in [-0.2, 0) is 18.8 Å². The zero-order chi connectivity index (χ0) is 51.0. The lowest BCUT2D eigenvalue weighted by atomic mass is 9.78. The summed E-state index contributed by atoms with van der Waals surface area (Å²) >= 11 is 61.5. The van der Waals surface area contributed by atoms with E-state index in [4.69, 9.17) is 170 Å². The van der Waals surface area contributed by atoms with Crippen molar-refractivity contribution in [3.8, 4) is 28.7 Å². The van der Waals surface area contributed by atoms with Gasteiger partial charge in [0.25, 0.3) is 0 Å². The average Bonchev–Trinajstić information content (AvgIpc) is 3.40. The maximum absolute atomic E-state index is 9.15. The maximum Gasteiger partial charge on any atom is 0.500 e.